The molecule has 1 aliphatic rings. The molecule has 1 heterocycles. The van der Waals surface area contributed by atoms with E-state index in [9.17, 15) is 9.18 Å². The van der Waals surface area contributed by atoms with Crippen molar-refractivity contribution in [1.29, 1.82) is 0 Å². The summed E-state index contributed by atoms with van der Waals surface area (Å²) in [6.45, 7) is 2.49. The van der Waals surface area contributed by atoms with Crippen molar-refractivity contribution in [3.8, 4) is 11.1 Å². The van der Waals surface area contributed by atoms with Crippen LogP contribution in [0, 0.1) is 5.82 Å². The second-order valence-electron chi connectivity index (χ2n) is 5.48. The molecule has 2 aromatic rings. The Hall–Kier alpha value is -2.00. The van der Waals surface area contributed by atoms with Gasteiger partial charge in [-0.3, -0.25) is 9.69 Å². The van der Waals surface area contributed by atoms with Crippen LogP contribution in [0.25, 0.3) is 11.1 Å². The molecule has 0 aliphatic carbocycles. The fraction of sp³-hybridized carbons (Fsp3) is 0.278. The van der Waals surface area contributed by atoms with Gasteiger partial charge in [-0.2, -0.15) is 0 Å². The first-order chi connectivity index (χ1) is 10.2. The minimum absolute atomic E-state index is 0.217. The Morgan fingerprint density at radius 1 is 0.952 bits per heavy atom. The number of hydrogen-bond acceptors (Lipinski definition) is 2. The van der Waals surface area contributed by atoms with Crippen molar-refractivity contribution in [3.05, 3.63) is 59.9 Å². The molecular formula is C18H18FNO. The van der Waals surface area contributed by atoms with Crippen molar-refractivity contribution in [1.82, 2.24) is 4.90 Å². The molecule has 2 nitrogen and oxygen atoms in total. The van der Waals surface area contributed by atoms with Gasteiger partial charge < -0.3 is 0 Å². The van der Waals surface area contributed by atoms with E-state index in [4.69, 9.17) is 0 Å². The molecule has 0 spiro atoms. The maximum atomic E-state index is 13.1. The largest absolute Gasteiger partial charge is 0.300 e. The maximum Gasteiger partial charge on any atom is 0.135 e. The lowest BCUT2D eigenvalue weighted by atomic mass is 9.98. The Kier molecular flexibility index (Phi) is 4.11. The van der Waals surface area contributed by atoms with Gasteiger partial charge in [0.05, 0.1) is 0 Å². The van der Waals surface area contributed by atoms with Crippen LogP contribution < -0.4 is 0 Å². The average molecular weight is 283 g/mol. The minimum Gasteiger partial charge on any atom is -0.300 e. The van der Waals surface area contributed by atoms with Crippen LogP contribution >= 0.6 is 0 Å². The molecule has 0 N–H and O–H groups in total. The van der Waals surface area contributed by atoms with E-state index in [1.807, 2.05) is 24.3 Å². The molecule has 1 saturated heterocycles. The van der Waals surface area contributed by atoms with Crippen LogP contribution in [0.1, 0.15) is 18.4 Å². The molecule has 0 amide bonds. The second kappa shape index (κ2) is 6.19. The number of Topliss-reactive ketones (excluding diaryl/α,β-unsaturated/α-hetero) is 1. The zero-order chi connectivity index (χ0) is 14.7. The number of carbonyl (C=O) groups is 1. The quantitative estimate of drug-likeness (QED) is 0.857. The van der Waals surface area contributed by atoms with Crippen LogP contribution in [0.3, 0.4) is 0 Å². The fourth-order valence-electron chi connectivity index (χ4n) is 2.77. The SMILES string of the molecule is O=C1CCN(Cc2ccccc2-c2ccc(F)cc2)CC1. The Morgan fingerprint density at radius 3 is 2.33 bits per heavy atom. The average Bonchev–Trinajstić information content (AvgIpc) is 2.51. The summed E-state index contributed by atoms with van der Waals surface area (Å²) >= 11 is 0. The Bertz CT molecular complexity index is 626. The molecule has 1 fully saturated rings. The van der Waals surface area contributed by atoms with Crippen LogP contribution in [0.15, 0.2) is 48.5 Å². The normalized spacial score (nSPS) is 16.1. The predicted octanol–water partition coefficient (Wildman–Crippen LogP) is 3.66. The molecule has 2 aromatic carbocycles. The zero-order valence-corrected chi connectivity index (χ0v) is 11.9. The van der Waals surface area contributed by atoms with Crippen LogP contribution in [-0.2, 0) is 11.3 Å². The highest BCUT2D eigenvalue weighted by molar-refractivity contribution is 5.79. The number of ketones is 1. The Labute approximate surface area is 124 Å². The lowest BCUT2D eigenvalue weighted by molar-refractivity contribution is -0.121. The van der Waals surface area contributed by atoms with Crippen molar-refractivity contribution < 1.29 is 9.18 Å². The summed E-state index contributed by atoms with van der Waals surface area (Å²) in [5.74, 6) is 0.142. The highest BCUT2D eigenvalue weighted by atomic mass is 19.1. The molecule has 108 valence electrons. The number of carbonyl (C=O) groups excluding carboxylic acids is 1. The Balaban J connectivity index is 1.82. The summed E-state index contributed by atoms with van der Waals surface area (Å²) in [7, 11) is 0. The molecule has 3 rings (SSSR count). The van der Waals surface area contributed by atoms with Crippen molar-refractivity contribution >= 4 is 5.78 Å². The standard InChI is InChI=1S/C18H18FNO/c19-16-7-5-14(6-8-16)18-4-2-1-3-15(18)13-20-11-9-17(21)10-12-20/h1-8H,9-13H2. The van der Waals surface area contributed by atoms with Gasteiger partial charge in [-0.05, 0) is 28.8 Å². The summed E-state index contributed by atoms with van der Waals surface area (Å²) in [6.07, 6.45) is 1.30. The number of nitrogens with zero attached hydrogens (tertiary/aromatic N) is 1. The van der Waals surface area contributed by atoms with Crippen LogP contribution in [0.5, 0.6) is 0 Å². The van der Waals surface area contributed by atoms with Gasteiger partial charge in [0.25, 0.3) is 0 Å². The third-order valence-electron chi connectivity index (χ3n) is 3.98. The summed E-state index contributed by atoms with van der Waals surface area (Å²) in [6, 6.07) is 14.8. The molecule has 21 heavy (non-hydrogen) atoms. The van der Waals surface area contributed by atoms with Crippen molar-refractivity contribution in [2.75, 3.05) is 13.1 Å². The van der Waals surface area contributed by atoms with Gasteiger partial charge in [0, 0.05) is 32.5 Å². The van der Waals surface area contributed by atoms with Gasteiger partial charge in [0.1, 0.15) is 11.6 Å². The summed E-state index contributed by atoms with van der Waals surface area (Å²) < 4.78 is 13.1. The molecule has 0 bridgehead atoms. The van der Waals surface area contributed by atoms with Gasteiger partial charge in [-0.25, -0.2) is 4.39 Å². The molecular weight excluding hydrogens is 265 g/mol. The predicted molar refractivity (Wildman–Crippen MR) is 81.4 cm³/mol. The molecule has 0 saturated carbocycles. The van der Waals surface area contributed by atoms with Crippen LogP contribution in [-0.4, -0.2) is 23.8 Å². The van der Waals surface area contributed by atoms with E-state index in [1.165, 1.54) is 17.7 Å². The summed E-state index contributed by atoms with van der Waals surface area (Å²) in [5.41, 5.74) is 3.38. The highest BCUT2D eigenvalue weighted by Gasteiger charge is 2.17. The molecule has 0 radical (unpaired) electrons. The van der Waals surface area contributed by atoms with Crippen molar-refractivity contribution in [2.24, 2.45) is 0 Å². The van der Waals surface area contributed by atoms with E-state index in [1.54, 1.807) is 0 Å². The van der Waals surface area contributed by atoms with Crippen molar-refractivity contribution in [2.45, 2.75) is 19.4 Å². The molecule has 1 aliphatic heterocycles. The zero-order valence-electron chi connectivity index (χ0n) is 11.9. The topological polar surface area (TPSA) is 20.3 Å². The van der Waals surface area contributed by atoms with E-state index in [2.05, 4.69) is 17.0 Å². The lowest BCUT2D eigenvalue weighted by Gasteiger charge is -2.26. The van der Waals surface area contributed by atoms with Crippen molar-refractivity contribution in [3.63, 3.8) is 0 Å². The van der Waals surface area contributed by atoms with E-state index < -0.39 is 0 Å². The number of halogens is 1. The Morgan fingerprint density at radius 2 is 1.62 bits per heavy atom. The fourth-order valence-corrected chi connectivity index (χ4v) is 2.77. The first-order valence-corrected chi connectivity index (χ1v) is 7.30. The van der Waals surface area contributed by atoms with Crippen LogP contribution in [0.4, 0.5) is 4.39 Å². The second-order valence-corrected chi connectivity index (χ2v) is 5.48. The van der Waals surface area contributed by atoms with E-state index in [0.29, 0.717) is 18.6 Å². The van der Waals surface area contributed by atoms with E-state index >= 15 is 0 Å². The van der Waals surface area contributed by atoms with Gasteiger partial charge >= 0.3 is 0 Å². The lowest BCUT2D eigenvalue weighted by Crippen LogP contribution is -2.33. The first-order valence-electron chi connectivity index (χ1n) is 7.30. The van der Waals surface area contributed by atoms with Gasteiger partial charge in [0.2, 0.25) is 0 Å². The third kappa shape index (κ3) is 3.37. The highest BCUT2D eigenvalue weighted by Crippen LogP contribution is 2.25. The molecule has 0 aromatic heterocycles. The summed E-state index contributed by atoms with van der Waals surface area (Å²) in [5, 5.41) is 0. The maximum absolute atomic E-state index is 13.1. The molecule has 0 atom stereocenters. The number of rotatable bonds is 3. The number of hydrogen-bond donors (Lipinski definition) is 0. The first kappa shape index (κ1) is 14.0. The van der Waals surface area contributed by atoms with E-state index in [-0.39, 0.29) is 5.82 Å². The van der Waals surface area contributed by atoms with Gasteiger partial charge in [-0.1, -0.05) is 36.4 Å². The third-order valence-corrected chi connectivity index (χ3v) is 3.98. The number of benzene rings is 2. The number of likely N-dealkylation sites (tertiary alicyclic amines) is 1. The monoisotopic (exact) mass is 283 g/mol. The molecule has 0 unspecified atom stereocenters. The number of piperidine rings is 1. The molecule has 3 heteroatoms. The van der Waals surface area contributed by atoms with Gasteiger partial charge in [-0.15, -0.1) is 0 Å². The summed E-state index contributed by atoms with van der Waals surface area (Å²) in [4.78, 5) is 13.6. The van der Waals surface area contributed by atoms with E-state index in [0.717, 1.165) is 30.8 Å². The minimum atomic E-state index is -0.217. The van der Waals surface area contributed by atoms with Gasteiger partial charge in [0.15, 0.2) is 0 Å². The smallest absolute Gasteiger partial charge is 0.135 e. The van der Waals surface area contributed by atoms with Crippen LogP contribution in [0.2, 0.25) is 0 Å².